The normalized spacial score (nSPS) is 14.4. The Morgan fingerprint density at radius 2 is 1.68 bits per heavy atom. The summed E-state index contributed by atoms with van der Waals surface area (Å²) in [5, 5.41) is 0.700. The summed E-state index contributed by atoms with van der Waals surface area (Å²) in [6, 6.07) is 12.8. The lowest BCUT2D eigenvalue weighted by atomic mass is 10.2. The molecule has 7 heteroatoms. The maximum absolute atomic E-state index is 14.0. The SMILES string of the molecule is Cc1nc(-c2ccc(F)cc2)sc1C(=O)N1CCN(c2ccccc2F)CC1. The number of aromatic nitrogens is 1. The molecule has 0 unspecified atom stereocenters. The van der Waals surface area contributed by atoms with E-state index in [0.29, 0.717) is 47.4 Å². The van der Waals surface area contributed by atoms with Crippen molar-refractivity contribution in [2.75, 3.05) is 31.1 Å². The Kier molecular flexibility index (Phi) is 5.09. The van der Waals surface area contributed by atoms with Gasteiger partial charge in [-0.3, -0.25) is 4.79 Å². The molecule has 1 amide bonds. The molecule has 2 aromatic carbocycles. The van der Waals surface area contributed by atoms with E-state index >= 15 is 0 Å². The molecular weight excluding hydrogens is 380 g/mol. The van der Waals surface area contributed by atoms with Crippen LogP contribution in [0.5, 0.6) is 0 Å². The minimum absolute atomic E-state index is 0.0588. The van der Waals surface area contributed by atoms with Gasteiger partial charge in [0.1, 0.15) is 21.5 Å². The number of piperazine rings is 1. The van der Waals surface area contributed by atoms with Crippen LogP contribution in [0.3, 0.4) is 0 Å². The van der Waals surface area contributed by atoms with Gasteiger partial charge in [-0.1, -0.05) is 12.1 Å². The lowest BCUT2D eigenvalue weighted by Crippen LogP contribution is -2.49. The molecule has 0 saturated carbocycles. The molecule has 1 aromatic heterocycles. The van der Waals surface area contributed by atoms with Crippen LogP contribution >= 0.6 is 11.3 Å². The third kappa shape index (κ3) is 3.62. The van der Waals surface area contributed by atoms with Crippen molar-refractivity contribution in [1.29, 1.82) is 0 Å². The van der Waals surface area contributed by atoms with E-state index in [1.54, 1.807) is 29.2 Å². The van der Waals surface area contributed by atoms with Crippen LogP contribution in [-0.2, 0) is 0 Å². The summed E-state index contributed by atoms with van der Waals surface area (Å²) in [6.07, 6.45) is 0. The van der Waals surface area contributed by atoms with Crippen LogP contribution in [0, 0.1) is 18.6 Å². The quantitative estimate of drug-likeness (QED) is 0.657. The van der Waals surface area contributed by atoms with Crippen LogP contribution in [0.4, 0.5) is 14.5 Å². The van der Waals surface area contributed by atoms with E-state index in [0.717, 1.165) is 5.56 Å². The first-order valence-electron chi connectivity index (χ1n) is 9.05. The second kappa shape index (κ2) is 7.67. The van der Waals surface area contributed by atoms with Crippen molar-refractivity contribution in [3.63, 3.8) is 0 Å². The van der Waals surface area contributed by atoms with Gasteiger partial charge in [-0.05, 0) is 43.3 Å². The number of thiazole rings is 1. The van der Waals surface area contributed by atoms with E-state index in [9.17, 15) is 13.6 Å². The Morgan fingerprint density at radius 3 is 2.36 bits per heavy atom. The van der Waals surface area contributed by atoms with Crippen LogP contribution in [0.15, 0.2) is 48.5 Å². The molecule has 1 aliphatic rings. The van der Waals surface area contributed by atoms with E-state index < -0.39 is 0 Å². The number of halogens is 2. The molecule has 0 spiro atoms. The number of hydrogen-bond donors (Lipinski definition) is 0. The summed E-state index contributed by atoms with van der Waals surface area (Å²) < 4.78 is 27.1. The molecule has 2 heterocycles. The maximum atomic E-state index is 14.0. The number of anilines is 1. The zero-order valence-corrected chi connectivity index (χ0v) is 16.2. The highest BCUT2D eigenvalue weighted by Gasteiger charge is 2.26. The number of carbonyl (C=O) groups is 1. The first-order chi connectivity index (χ1) is 13.5. The predicted octanol–water partition coefficient (Wildman–Crippen LogP) is 4.36. The number of carbonyl (C=O) groups excluding carboxylic acids is 1. The van der Waals surface area contributed by atoms with Gasteiger partial charge in [-0.15, -0.1) is 11.3 Å². The van der Waals surface area contributed by atoms with E-state index in [2.05, 4.69) is 4.98 Å². The average Bonchev–Trinajstić information content (AvgIpc) is 3.10. The highest BCUT2D eigenvalue weighted by molar-refractivity contribution is 7.17. The Labute approximate surface area is 166 Å². The second-order valence-corrected chi connectivity index (χ2v) is 7.67. The molecular formula is C21H19F2N3OS. The fourth-order valence-corrected chi connectivity index (χ4v) is 4.35. The number of hydrogen-bond acceptors (Lipinski definition) is 4. The average molecular weight is 399 g/mol. The Hall–Kier alpha value is -2.80. The van der Waals surface area contributed by atoms with E-state index in [1.165, 1.54) is 29.5 Å². The minimum atomic E-state index is -0.305. The number of rotatable bonds is 3. The maximum Gasteiger partial charge on any atom is 0.265 e. The van der Waals surface area contributed by atoms with E-state index in [-0.39, 0.29) is 17.5 Å². The molecule has 3 aromatic rings. The second-order valence-electron chi connectivity index (χ2n) is 6.67. The third-order valence-corrected chi connectivity index (χ3v) is 6.04. The zero-order chi connectivity index (χ0) is 19.7. The standard InChI is InChI=1S/C21H19F2N3OS/c1-14-19(28-20(24-14)15-6-8-16(22)9-7-15)21(27)26-12-10-25(11-13-26)18-5-3-2-4-17(18)23/h2-9H,10-13H2,1H3. The van der Waals surface area contributed by atoms with Crippen molar-refractivity contribution in [1.82, 2.24) is 9.88 Å². The molecule has 4 rings (SSSR count). The lowest BCUT2D eigenvalue weighted by molar-refractivity contribution is 0.0750. The molecule has 4 nitrogen and oxygen atoms in total. The molecule has 0 atom stereocenters. The minimum Gasteiger partial charge on any atom is -0.366 e. The summed E-state index contributed by atoms with van der Waals surface area (Å²) in [7, 11) is 0. The third-order valence-electron chi connectivity index (χ3n) is 4.84. The number of nitrogens with zero attached hydrogens (tertiary/aromatic N) is 3. The molecule has 1 fully saturated rings. The van der Waals surface area contributed by atoms with Gasteiger partial charge in [0.25, 0.3) is 5.91 Å². The number of amides is 1. The van der Waals surface area contributed by atoms with Gasteiger partial charge in [0.15, 0.2) is 0 Å². The molecule has 1 saturated heterocycles. The van der Waals surface area contributed by atoms with Crippen molar-refractivity contribution >= 4 is 22.9 Å². The topological polar surface area (TPSA) is 36.4 Å². The summed E-state index contributed by atoms with van der Waals surface area (Å²) in [5.41, 5.74) is 2.03. The highest BCUT2D eigenvalue weighted by atomic mass is 32.1. The van der Waals surface area contributed by atoms with Crippen molar-refractivity contribution in [2.45, 2.75) is 6.92 Å². The largest absolute Gasteiger partial charge is 0.366 e. The Morgan fingerprint density at radius 1 is 1.00 bits per heavy atom. The van der Waals surface area contributed by atoms with Crippen molar-refractivity contribution in [3.8, 4) is 10.6 Å². The van der Waals surface area contributed by atoms with Crippen LogP contribution in [0.2, 0.25) is 0 Å². The van der Waals surface area contributed by atoms with Gasteiger partial charge in [0, 0.05) is 31.7 Å². The van der Waals surface area contributed by atoms with Crippen LogP contribution in [0.25, 0.3) is 10.6 Å². The highest BCUT2D eigenvalue weighted by Crippen LogP contribution is 2.29. The fraction of sp³-hybridized carbons (Fsp3) is 0.238. The summed E-state index contributed by atoms with van der Waals surface area (Å²) >= 11 is 1.32. The van der Waals surface area contributed by atoms with Crippen molar-refractivity contribution < 1.29 is 13.6 Å². The smallest absolute Gasteiger partial charge is 0.265 e. The van der Waals surface area contributed by atoms with Gasteiger partial charge in [-0.25, -0.2) is 13.8 Å². The van der Waals surface area contributed by atoms with Gasteiger partial charge in [0.05, 0.1) is 11.4 Å². The molecule has 28 heavy (non-hydrogen) atoms. The Balaban J connectivity index is 1.47. The van der Waals surface area contributed by atoms with Gasteiger partial charge < -0.3 is 9.80 Å². The first-order valence-corrected chi connectivity index (χ1v) is 9.86. The molecule has 0 bridgehead atoms. The van der Waals surface area contributed by atoms with E-state index in [1.807, 2.05) is 17.9 Å². The summed E-state index contributed by atoms with van der Waals surface area (Å²) in [6.45, 7) is 4.02. The molecule has 0 N–H and O–H groups in total. The first kappa shape index (κ1) is 18.6. The summed E-state index contributed by atoms with van der Waals surface area (Å²) in [5.74, 6) is -0.609. The monoisotopic (exact) mass is 399 g/mol. The van der Waals surface area contributed by atoms with Crippen molar-refractivity contribution in [2.24, 2.45) is 0 Å². The molecule has 0 aliphatic carbocycles. The Bertz CT molecular complexity index is 995. The van der Waals surface area contributed by atoms with Crippen LogP contribution < -0.4 is 4.90 Å². The zero-order valence-electron chi connectivity index (χ0n) is 15.4. The lowest BCUT2D eigenvalue weighted by Gasteiger charge is -2.36. The number of benzene rings is 2. The van der Waals surface area contributed by atoms with Gasteiger partial charge >= 0.3 is 0 Å². The van der Waals surface area contributed by atoms with Crippen LogP contribution in [0.1, 0.15) is 15.4 Å². The predicted molar refractivity (Wildman–Crippen MR) is 107 cm³/mol. The molecule has 1 aliphatic heterocycles. The number of aryl methyl sites for hydroxylation is 1. The van der Waals surface area contributed by atoms with Gasteiger partial charge in [0.2, 0.25) is 0 Å². The van der Waals surface area contributed by atoms with Gasteiger partial charge in [-0.2, -0.15) is 0 Å². The molecule has 0 radical (unpaired) electrons. The summed E-state index contributed by atoms with van der Waals surface area (Å²) in [4.78, 5) is 21.8. The van der Waals surface area contributed by atoms with E-state index in [4.69, 9.17) is 0 Å². The van der Waals surface area contributed by atoms with Crippen molar-refractivity contribution in [3.05, 3.63) is 70.7 Å². The fourth-order valence-electron chi connectivity index (χ4n) is 3.31. The molecule has 144 valence electrons. The number of para-hydroxylation sites is 1. The van der Waals surface area contributed by atoms with Crippen LogP contribution in [-0.4, -0.2) is 42.0 Å².